The van der Waals surface area contributed by atoms with E-state index in [0.29, 0.717) is 23.3 Å². The predicted octanol–water partition coefficient (Wildman–Crippen LogP) is 3.04. The summed E-state index contributed by atoms with van der Waals surface area (Å²) in [5.74, 6) is 1.53. The fourth-order valence-corrected chi connectivity index (χ4v) is 4.84. The maximum atomic E-state index is 12.5. The second-order valence-electron chi connectivity index (χ2n) is 6.74. The second kappa shape index (κ2) is 6.09. The Morgan fingerprint density at radius 1 is 1.35 bits per heavy atom. The molecule has 2 unspecified atom stereocenters. The Morgan fingerprint density at radius 3 is 2.83 bits per heavy atom. The summed E-state index contributed by atoms with van der Waals surface area (Å²) in [6.45, 7) is 0. The number of nitrogens with one attached hydrogen (secondary N) is 1. The Labute approximate surface area is 139 Å². The topological polar surface area (TPSA) is 81.1 Å². The van der Waals surface area contributed by atoms with Gasteiger partial charge in [-0.15, -0.1) is 11.3 Å². The number of hydrogen-bond acceptors (Lipinski definition) is 5. The van der Waals surface area contributed by atoms with Gasteiger partial charge < -0.3 is 15.6 Å². The molecule has 0 aliphatic heterocycles. The van der Waals surface area contributed by atoms with Gasteiger partial charge in [-0.25, -0.2) is 0 Å². The van der Waals surface area contributed by atoms with E-state index >= 15 is 0 Å². The van der Waals surface area contributed by atoms with Crippen molar-refractivity contribution in [2.45, 2.75) is 44.2 Å². The average Bonchev–Trinajstić information content (AvgIpc) is 3.19. The second-order valence-corrected chi connectivity index (χ2v) is 7.68. The molecule has 23 heavy (non-hydrogen) atoms. The van der Waals surface area contributed by atoms with Gasteiger partial charge in [0.05, 0.1) is 4.88 Å². The Morgan fingerprint density at radius 2 is 2.13 bits per heavy atom. The molecule has 0 saturated heterocycles. The normalized spacial score (nSPS) is 30.1. The molecule has 6 heteroatoms. The highest BCUT2D eigenvalue weighted by atomic mass is 32.1. The minimum absolute atomic E-state index is 0.131. The number of rotatable bonds is 3. The van der Waals surface area contributed by atoms with Crippen molar-refractivity contribution >= 4 is 17.2 Å². The summed E-state index contributed by atoms with van der Waals surface area (Å²) >= 11 is 1.57. The van der Waals surface area contributed by atoms with Crippen LogP contribution >= 0.6 is 11.3 Å². The number of carbonyl (C=O) groups excluding carboxylic acids is 1. The lowest BCUT2D eigenvalue weighted by atomic mass is 9.67. The van der Waals surface area contributed by atoms with Crippen LogP contribution in [0.4, 0.5) is 0 Å². The fourth-order valence-electron chi connectivity index (χ4n) is 4.17. The van der Waals surface area contributed by atoms with Gasteiger partial charge in [0.15, 0.2) is 11.5 Å². The lowest BCUT2D eigenvalue weighted by Crippen LogP contribution is -2.53. The summed E-state index contributed by atoms with van der Waals surface area (Å²) in [5.41, 5.74) is 6.51. The SMILES string of the molecule is NC1CC2CCCC(C1)C2NC(=O)c1cc(-c2cccs2)on1. The third kappa shape index (κ3) is 2.93. The number of amides is 1. The molecule has 2 bridgehead atoms. The van der Waals surface area contributed by atoms with Gasteiger partial charge in [-0.3, -0.25) is 4.79 Å². The molecule has 4 rings (SSSR count). The molecule has 2 atom stereocenters. The van der Waals surface area contributed by atoms with Gasteiger partial charge in [0, 0.05) is 18.2 Å². The van der Waals surface area contributed by atoms with Crippen LogP contribution in [0.15, 0.2) is 28.1 Å². The number of fused-ring (bicyclic) bond motifs is 2. The van der Waals surface area contributed by atoms with E-state index in [-0.39, 0.29) is 18.0 Å². The zero-order chi connectivity index (χ0) is 15.8. The number of hydrogen-bond donors (Lipinski definition) is 2. The molecular weight excluding hydrogens is 310 g/mol. The van der Waals surface area contributed by atoms with Crippen LogP contribution in [-0.4, -0.2) is 23.1 Å². The predicted molar refractivity (Wildman–Crippen MR) is 89.1 cm³/mol. The number of nitrogens with zero attached hydrogens (tertiary/aromatic N) is 1. The van der Waals surface area contributed by atoms with Crippen molar-refractivity contribution in [2.24, 2.45) is 17.6 Å². The van der Waals surface area contributed by atoms with Crippen molar-refractivity contribution in [3.05, 3.63) is 29.3 Å². The largest absolute Gasteiger partial charge is 0.355 e. The summed E-state index contributed by atoms with van der Waals surface area (Å²) in [4.78, 5) is 13.5. The number of aromatic nitrogens is 1. The Kier molecular flexibility index (Phi) is 3.95. The zero-order valence-electron chi connectivity index (χ0n) is 12.9. The first-order valence-electron chi connectivity index (χ1n) is 8.28. The molecule has 2 aromatic rings. The molecule has 0 radical (unpaired) electrons. The van der Waals surface area contributed by atoms with Gasteiger partial charge in [-0.2, -0.15) is 0 Å². The van der Waals surface area contributed by atoms with E-state index in [1.807, 2.05) is 17.5 Å². The van der Waals surface area contributed by atoms with E-state index in [1.165, 1.54) is 6.42 Å². The van der Waals surface area contributed by atoms with Crippen molar-refractivity contribution < 1.29 is 9.32 Å². The molecule has 2 fully saturated rings. The fraction of sp³-hybridized carbons (Fsp3) is 0.529. The minimum atomic E-state index is -0.131. The van der Waals surface area contributed by atoms with Crippen LogP contribution in [0.25, 0.3) is 10.6 Å². The Bertz CT molecular complexity index is 668. The molecule has 122 valence electrons. The van der Waals surface area contributed by atoms with E-state index in [1.54, 1.807) is 17.4 Å². The van der Waals surface area contributed by atoms with E-state index in [0.717, 1.165) is 30.6 Å². The van der Waals surface area contributed by atoms with Crippen LogP contribution in [0.5, 0.6) is 0 Å². The summed E-state index contributed by atoms with van der Waals surface area (Å²) in [5, 5.41) is 9.12. The first kappa shape index (κ1) is 14.9. The lowest BCUT2D eigenvalue weighted by molar-refractivity contribution is 0.0748. The van der Waals surface area contributed by atoms with E-state index in [4.69, 9.17) is 10.3 Å². The van der Waals surface area contributed by atoms with E-state index in [2.05, 4.69) is 10.5 Å². The summed E-state index contributed by atoms with van der Waals surface area (Å²) in [7, 11) is 0. The third-order valence-electron chi connectivity index (χ3n) is 5.18. The monoisotopic (exact) mass is 331 g/mol. The van der Waals surface area contributed by atoms with Gasteiger partial charge in [0.1, 0.15) is 0 Å². The highest BCUT2D eigenvalue weighted by molar-refractivity contribution is 7.13. The quantitative estimate of drug-likeness (QED) is 0.906. The van der Waals surface area contributed by atoms with Gasteiger partial charge in [-0.05, 0) is 49.0 Å². The average molecular weight is 331 g/mol. The standard InChI is InChI=1S/C17H21N3O2S/c18-12-7-10-3-1-4-11(8-12)16(10)19-17(21)13-9-14(22-20-13)15-5-2-6-23-15/h2,5-6,9-12,16H,1,3-4,7-8,18H2,(H,19,21). The first-order valence-corrected chi connectivity index (χ1v) is 9.15. The molecule has 0 aromatic carbocycles. The van der Waals surface area contributed by atoms with Crippen LogP contribution in [0, 0.1) is 11.8 Å². The highest BCUT2D eigenvalue weighted by Gasteiger charge is 2.40. The number of nitrogens with two attached hydrogens (primary N) is 1. The van der Waals surface area contributed by atoms with Crippen molar-refractivity contribution in [1.82, 2.24) is 10.5 Å². The van der Waals surface area contributed by atoms with Crippen LogP contribution in [0.3, 0.4) is 0 Å². The van der Waals surface area contributed by atoms with Crippen LogP contribution < -0.4 is 11.1 Å². The third-order valence-corrected chi connectivity index (χ3v) is 6.07. The van der Waals surface area contributed by atoms with Crippen LogP contribution in [0.1, 0.15) is 42.6 Å². The van der Waals surface area contributed by atoms with Crippen molar-refractivity contribution in [1.29, 1.82) is 0 Å². The van der Waals surface area contributed by atoms with Crippen molar-refractivity contribution in [3.8, 4) is 10.6 Å². The minimum Gasteiger partial charge on any atom is -0.355 e. The lowest BCUT2D eigenvalue weighted by Gasteiger charge is -2.45. The Balaban J connectivity index is 1.48. The molecular formula is C17H21N3O2S. The van der Waals surface area contributed by atoms with Gasteiger partial charge in [0.25, 0.3) is 5.91 Å². The number of carbonyl (C=O) groups is 1. The molecule has 2 heterocycles. The van der Waals surface area contributed by atoms with Crippen LogP contribution in [-0.2, 0) is 0 Å². The molecule has 3 N–H and O–H groups in total. The summed E-state index contributed by atoms with van der Waals surface area (Å²) < 4.78 is 5.31. The van der Waals surface area contributed by atoms with E-state index < -0.39 is 0 Å². The van der Waals surface area contributed by atoms with Gasteiger partial charge in [0.2, 0.25) is 0 Å². The smallest absolute Gasteiger partial charge is 0.273 e. The van der Waals surface area contributed by atoms with E-state index in [9.17, 15) is 4.79 Å². The summed E-state index contributed by atoms with van der Waals surface area (Å²) in [6, 6.07) is 6.16. The zero-order valence-corrected chi connectivity index (χ0v) is 13.7. The Hall–Kier alpha value is -1.66. The maximum Gasteiger partial charge on any atom is 0.273 e. The molecule has 5 nitrogen and oxygen atoms in total. The summed E-state index contributed by atoms with van der Waals surface area (Å²) in [6.07, 6.45) is 5.60. The molecule has 0 spiro atoms. The number of thiophene rings is 1. The molecule has 1 amide bonds. The molecule has 2 aliphatic carbocycles. The van der Waals surface area contributed by atoms with Gasteiger partial charge >= 0.3 is 0 Å². The molecule has 2 aliphatic rings. The maximum absolute atomic E-state index is 12.5. The van der Waals surface area contributed by atoms with Gasteiger partial charge in [-0.1, -0.05) is 17.6 Å². The van der Waals surface area contributed by atoms with Crippen molar-refractivity contribution in [2.75, 3.05) is 0 Å². The van der Waals surface area contributed by atoms with Crippen LogP contribution in [0.2, 0.25) is 0 Å². The molecule has 2 aromatic heterocycles. The highest BCUT2D eigenvalue weighted by Crippen LogP contribution is 2.39. The molecule has 2 saturated carbocycles. The van der Waals surface area contributed by atoms with Crippen molar-refractivity contribution in [3.63, 3.8) is 0 Å². The first-order chi connectivity index (χ1) is 11.2.